The molecule has 3 N–H and O–H groups in total. The van der Waals surface area contributed by atoms with Gasteiger partial charge in [-0.05, 0) is 12.1 Å². The summed E-state index contributed by atoms with van der Waals surface area (Å²) in [6.07, 6.45) is 3.44. The van der Waals surface area contributed by atoms with Crippen LogP contribution in [0.15, 0.2) is 54.1 Å². The molecule has 0 radical (unpaired) electrons. The number of nitrogens with one attached hydrogen (secondary N) is 1. The molecule has 0 aliphatic heterocycles. The summed E-state index contributed by atoms with van der Waals surface area (Å²) in [5, 5.41) is 0. The quantitative estimate of drug-likeness (QED) is 0.815. The molecule has 1 aromatic carbocycles. The average molecular weight is 290 g/mol. The zero-order chi connectivity index (χ0) is 14.6. The third-order valence-corrected chi connectivity index (χ3v) is 3.86. The van der Waals surface area contributed by atoms with E-state index in [9.17, 15) is 8.42 Å². The van der Waals surface area contributed by atoms with Gasteiger partial charge >= 0.3 is 0 Å². The van der Waals surface area contributed by atoms with Gasteiger partial charge in [-0.25, -0.2) is 23.1 Å². The predicted molar refractivity (Wildman–Crippen MR) is 77.6 cm³/mol. The molecule has 2 aromatic rings. The van der Waals surface area contributed by atoms with Crippen LogP contribution >= 0.6 is 0 Å². The van der Waals surface area contributed by atoms with Gasteiger partial charge in [0.05, 0.1) is 22.5 Å². The van der Waals surface area contributed by atoms with Gasteiger partial charge in [0.25, 0.3) is 10.0 Å². The van der Waals surface area contributed by atoms with Crippen LogP contribution in [-0.4, -0.2) is 18.4 Å². The molecule has 0 aliphatic carbocycles. The van der Waals surface area contributed by atoms with E-state index in [1.54, 1.807) is 24.3 Å². The fourth-order valence-corrected chi connectivity index (χ4v) is 2.53. The van der Waals surface area contributed by atoms with Crippen LogP contribution < -0.4 is 10.5 Å². The molecular weight excluding hydrogens is 276 g/mol. The molecule has 104 valence electrons. The van der Waals surface area contributed by atoms with E-state index in [2.05, 4.69) is 21.3 Å². The monoisotopic (exact) mass is 290 g/mol. The first-order valence-corrected chi connectivity index (χ1v) is 7.31. The van der Waals surface area contributed by atoms with E-state index in [1.165, 1.54) is 18.3 Å². The van der Waals surface area contributed by atoms with Gasteiger partial charge in [0, 0.05) is 6.42 Å². The summed E-state index contributed by atoms with van der Waals surface area (Å²) in [5.41, 5.74) is 6.62. The lowest BCUT2D eigenvalue weighted by Crippen LogP contribution is -2.16. The number of rotatable bonds is 5. The Balaban J connectivity index is 2.30. The molecule has 0 fully saturated rings. The van der Waals surface area contributed by atoms with Gasteiger partial charge in [-0.3, -0.25) is 0 Å². The van der Waals surface area contributed by atoms with Gasteiger partial charge in [-0.15, -0.1) is 6.58 Å². The average Bonchev–Trinajstić information content (AvgIpc) is 2.43. The second-order valence-electron chi connectivity index (χ2n) is 4.01. The van der Waals surface area contributed by atoms with Crippen molar-refractivity contribution in [2.24, 2.45) is 0 Å². The first-order chi connectivity index (χ1) is 9.53. The number of sulfonamides is 1. The largest absolute Gasteiger partial charge is 0.396 e. The standard InChI is InChI=1S/C13H14N4O2S/c1-2-6-12-11(14)9-15-13(16-12)17-20(18,19)10-7-4-3-5-8-10/h2-5,7-9H,1,6,14H2,(H,15,16,17). The van der Waals surface area contributed by atoms with E-state index in [1.807, 2.05) is 0 Å². The molecule has 20 heavy (non-hydrogen) atoms. The van der Waals surface area contributed by atoms with Crippen LogP contribution in [0.3, 0.4) is 0 Å². The minimum Gasteiger partial charge on any atom is -0.396 e. The Bertz CT molecular complexity index is 714. The Morgan fingerprint density at radius 2 is 2.00 bits per heavy atom. The minimum atomic E-state index is -3.70. The van der Waals surface area contributed by atoms with Crippen LogP contribution in [-0.2, 0) is 16.4 Å². The van der Waals surface area contributed by atoms with E-state index in [4.69, 9.17) is 5.73 Å². The van der Waals surface area contributed by atoms with Crippen molar-refractivity contribution < 1.29 is 8.42 Å². The van der Waals surface area contributed by atoms with Crippen LogP contribution in [0.25, 0.3) is 0 Å². The summed E-state index contributed by atoms with van der Waals surface area (Å²) in [6, 6.07) is 8.00. The highest BCUT2D eigenvalue weighted by atomic mass is 32.2. The maximum Gasteiger partial charge on any atom is 0.264 e. The number of anilines is 2. The molecule has 0 atom stereocenters. The molecule has 1 aromatic heterocycles. The van der Waals surface area contributed by atoms with E-state index in [-0.39, 0.29) is 10.8 Å². The smallest absolute Gasteiger partial charge is 0.264 e. The number of nitrogens with two attached hydrogens (primary N) is 1. The lowest BCUT2D eigenvalue weighted by atomic mass is 10.2. The Morgan fingerprint density at radius 3 is 2.65 bits per heavy atom. The van der Waals surface area contributed by atoms with Crippen LogP contribution in [0.2, 0.25) is 0 Å². The van der Waals surface area contributed by atoms with Crippen molar-refractivity contribution in [2.75, 3.05) is 10.5 Å². The fourth-order valence-electron chi connectivity index (χ4n) is 1.55. The highest BCUT2D eigenvalue weighted by molar-refractivity contribution is 7.92. The number of nitrogens with zero attached hydrogens (tertiary/aromatic N) is 2. The lowest BCUT2D eigenvalue weighted by molar-refractivity contribution is 0.601. The zero-order valence-corrected chi connectivity index (χ0v) is 11.5. The molecule has 0 saturated carbocycles. The van der Waals surface area contributed by atoms with E-state index in [0.29, 0.717) is 17.8 Å². The van der Waals surface area contributed by atoms with E-state index < -0.39 is 10.0 Å². The topological polar surface area (TPSA) is 98.0 Å². The highest BCUT2D eigenvalue weighted by Crippen LogP contribution is 2.15. The van der Waals surface area contributed by atoms with Crippen molar-refractivity contribution in [1.29, 1.82) is 0 Å². The van der Waals surface area contributed by atoms with Crippen molar-refractivity contribution in [3.05, 3.63) is 54.9 Å². The van der Waals surface area contributed by atoms with Crippen molar-refractivity contribution in [3.8, 4) is 0 Å². The molecule has 0 bridgehead atoms. The molecule has 0 spiro atoms. The zero-order valence-electron chi connectivity index (χ0n) is 10.7. The van der Waals surface area contributed by atoms with Crippen molar-refractivity contribution in [2.45, 2.75) is 11.3 Å². The van der Waals surface area contributed by atoms with Crippen molar-refractivity contribution >= 4 is 21.7 Å². The molecule has 0 saturated heterocycles. The maximum atomic E-state index is 12.1. The maximum absolute atomic E-state index is 12.1. The summed E-state index contributed by atoms with van der Waals surface area (Å²) in [5.74, 6) is -0.0140. The van der Waals surface area contributed by atoms with E-state index >= 15 is 0 Å². The summed E-state index contributed by atoms with van der Waals surface area (Å²) in [7, 11) is -3.70. The molecule has 6 nitrogen and oxygen atoms in total. The van der Waals surface area contributed by atoms with Crippen molar-refractivity contribution in [3.63, 3.8) is 0 Å². The first kappa shape index (κ1) is 14.0. The predicted octanol–water partition coefficient (Wildman–Crippen LogP) is 1.59. The molecular formula is C13H14N4O2S. The summed E-state index contributed by atoms with van der Waals surface area (Å²) in [6.45, 7) is 3.59. The third kappa shape index (κ3) is 3.12. The molecule has 7 heteroatoms. The van der Waals surface area contributed by atoms with Crippen LogP contribution in [0.5, 0.6) is 0 Å². The molecule has 0 unspecified atom stereocenters. The SMILES string of the molecule is C=CCc1nc(NS(=O)(=O)c2ccccc2)ncc1N. The Hall–Kier alpha value is -2.41. The number of hydrogen-bond donors (Lipinski definition) is 2. The van der Waals surface area contributed by atoms with Crippen LogP contribution in [0.1, 0.15) is 5.69 Å². The number of allylic oxidation sites excluding steroid dienone is 1. The van der Waals surface area contributed by atoms with Crippen molar-refractivity contribution in [1.82, 2.24) is 9.97 Å². The Labute approximate surface area is 117 Å². The normalized spacial score (nSPS) is 11.0. The number of benzene rings is 1. The van der Waals surface area contributed by atoms with Crippen LogP contribution in [0, 0.1) is 0 Å². The minimum absolute atomic E-state index is 0.0140. The summed E-state index contributed by atoms with van der Waals surface area (Å²) < 4.78 is 26.5. The number of hydrogen-bond acceptors (Lipinski definition) is 5. The van der Waals surface area contributed by atoms with Gasteiger partial charge in [0.15, 0.2) is 0 Å². The number of nitrogen functional groups attached to an aromatic ring is 1. The highest BCUT2D eigenvalue weighted by Gasteiger charge is 2.15. The van der Waals surface area contributed by atoms with Crippen LogP contribution in [0.4, 0.5) is 11.6 Å². The fraction of sp³-hybridized carbons (Fsp3) is 0.0769. The lowest BCUT2D eigenvalue weighted by Gasteiger charge is -2.08. The molecule has 2 rings (SSSR count). The van der Waals surface area contributed by atoms with Gasteiger partial charge in [-0.2, -0.15) is 0 Å². The van der Waals surface area contributed by atoms with E-state index in [0.717, 1.165) is 0 Å². The van der Waals surface area contributed by atoms with Gasteiger partial charge in [0.1, 0.15) is 0 Å². The number of aromatic nitrogens is 2. The summed E-state index contributed by atoms with van der Waals surface area (Å²) in [4.78, 5) is 8.09. The molecule has 1 heterocycles. The second kappa shape index (κ2) is 5.70. The molecule has 0 amide bonds. The Morgan fingerprint density at radius 1 is 1.30 bits per heavy atom. The molecule has 0 aliphatic rings. The summed E-state index contributed by atoms with van der Waals surface area (Å²) >= 11 is 0. The third-order valence-electron chi connectivity index (χ3n) is 2.52. The second-order valence-corrected chi connectivity index (χ2v) is 5.69. The Kier molecular flexibility index (Phi) is 3.99. The first-order valence-electron chi connectivity index (χ1n) is 5.83. The van der Waals surface area contributed by atoms with Gasteiger partial charge < -0.3 is 5.73 Å². The van der Waals surface area contributed by atoms with Gasteiger partial charge in [0.2, 0.25) is 5.95 Å². The van der Waals surface area contributed by atoms with Gasteiger partial charge in [-0.1, -0.05) is 24.3 Å².